The molecule has 0 fully saturated rings. The van der Waals surface area contributed by atoms with Crippen LogP contribution < -0.4 is 0 Å². The highest BCUT2D eigenvalue weighted by molar-refractivity contribution is 9.11. The topological polar surface area (TPSA) is 66.8 Å². The Bertz CT molecular complexity index is 423. The number of carbonyl (C=O) groups excluding carboxylic acids is 1. The molecule has 6 heteroatoms. The lowest BCUT2D eigenvalue weighted by atomic mass is 10.0. The van der Waals surface area contributed by atoms with Gasteiger partial charge in [-0.3, -0.25) is 4.79 Å². The van der Waals surface area contributed by atoms with Gasteiger partial charge in [-0.15, -0.1) is 0 Å². The molecule has 4 nitrogen and oxygen atoms in total. The molecule has 0 aromatic heterocycles. The Morgan fingerprint density at radius 1 is 1.39 bits per heavy atom. The number of aliphatic hydroxyl groups is 2. The summed E-state index contributed by atoms with van der Waals surface area (Å²) in [6.45, 7) is 1.94. The van der Waals surface area contributed by atoms with Crippen LogP contribution in [0.3, 0.4) is 0 Å². The van der Waals surface area contributed by atoms with Crippen molar-refractivity contribution >= 4 is 37.8 Å². The molecule has 2 atom stereocenters. The summed E-state index contributed by atoms with van der Waals surface area (Å²) >= 11 is 6.57. The van der Waals surface area contributed by atoms with Crippen LogP contribution in [0.15, 0.2) is 27.1 Å². The predicted molar refractivity (Wildman–Crippen MR) is 74.1 cm³/mol. The fraction of sp³-hybridized carbons (Fsp3) is 0.417. The van der Waals surface area contributed by atoms with Crippen LogP contribution in [-0.4, -0.2) is 28.9 Å². The van der Waals surface area contributed by atoms with Gasteiger partial charge in [-0.2, -0.15) is 0 Å². The summed E-state index contributed by atoms with van der Waals surface area (Å²) in [5.41, 5.74) is 0.515. The third-order valence-electron chi connectivity index (χ3n) is 2.32. The molecule has 0 aliphatic carbocycles. The summed E-state index contributed by atoms with van der Waals surface area (Å²) in [5.74, 6) is -0.532. The number of carbonyl (C=O) groups is 1. The Morgan fingerprint density at radius 2 is 2.06 bits per heavy atom. The normalized spacial score (nSPS) is 14.1. The number of hydrogen-bond acceptors (Lipinski definition) is 4. The standard InChI is InChI=1S/C12H14Br2O4/c1-2-18-11(16)6-10(15)12(17)8-5-7(13)3-4-9(8)14/h3-5,10,12,15,17H,2,6H2,1H3. The lowest BCUT2D eigenvalue weighted by Gasteiger charge is -2.18. The molecule has 0 amide bonds. The minimum atomic E-state index is -1.20. The molecule has 0 aliphatic rings. The summed E-state index contributed by atoms with van der Waals surface area (Å²) in [4.78, 5) is 11.2. The van der Waals surface area contributed by atoms with Crippen LogP contribution in [0.1, 0.15) is 25.0 Å². The quantitative estimate of drug-likeness (QED) is 0.769. The van der Waals surface area contributed by atoms with E-state index in [4.69, 9.17) is 4.74 Å². The van der Waals surface area contributed by atoms with E-state index < -0.39 is 18.2 Å². The van der Waals surface area contributed by atoms with E-state index in [-0.39, 0.29) is 13.0 Å². The van der Waals surface area contributed by atoms with Crippen molar-refractivity contribution in [3.05, 3.63) is 32.7 Å². The molecule has 0 saturated carbocycles. The first-order chi connectivity index (χ1) is 8.45. The molecular weight excluding hydrogens is 368 g/mol. The third-order valence-corrected chi connectivity index (χ3v) is 3.54. The van der Waals surface area contributed by atoms with Crippen LogP contribution in [0.25, 0.3) is 0 Å². The lowest BCUT2D eigenvalue weighted by Crippen LogP contribution is -2.23. The number of rotatable bonds is 5. The molecule has 100 valence electrons. The molecule has 2 N–H and O–H groups in total. The maximum Gasteiger partial charge on any atom is 0.308 e. The number of hydrogen-bond donors (Lipinski definition) is 2. The van der Waals surface area contributed by atoms with Crippen molar-refractivity contribution in [2.45, 2.75) is 25.6 Å². The van der Waals surface area contributed by atoms with Crippen LogP contribution in [0.2, 0.25) is 0 Å². The molecule has 2 unspecified atom stereocenters. The van der Waals surface area contributed by atoms with Crippen molar-refractivity contribution in [1.29, 1.82) is 0 Å². The lowest BCUT2D eigenvalue weighted by molar-refractivity contribution is -0.147. The Kier molecular flexibility index (Phi) is 6.28. The molecule has 1 aromatic rings. The number of halogens is 2. The fourth-order valence-electron chi connectivity index (χ4n) is 1.45. The molecule has 1 aromatic carbocycles. The van der Waals surface area contributed by atoms with Gasteiger partial charge in [0.1, 0.15) is 6.10 Å². The molecule has 0 spiro atoms. The molecule has 0 bridgehead atoms. The highest BCUT2D eigenvalue weighted by atomic mass is 79.9. The number of ether oxygens (including phenoxy) is 1. The van der Waals surface area contributed by atoms with Gasteiger partial charge in [0, 0.05) is 8.95 Å². The van der Waals surface area contributed by atoms with Crippen molar-refractivity contribution < 1.29 is 19.7 Å². The second kappa shape index (κ2) is 7.23. The first-order valence-corrected chi connectivity index (χ1v) is 7.01. The molecule has 0 heterocycles. The summed E-state index contributed by atoms with van der Waals surface area (Å²) in [6.07, 6.45) is -2.59. The monoisotopic (exact) mass is 380 g/mol. The minimum absolute atomic E-state index is 0.242. The highest BCUT2D eigenvalue weighted by Gasteiger charge is 2.23. The fourth-order valence-corrected chi connectivity index (χ4v) is 2.31. The third kappa shape index (κ3) is 4.35. The van der Waals surface area contributed by atoms with Gasteiger partial charge < -0.3 is 14.9 Å². The summed E-state index contributed by atoms with van der Waals surface area (Å²) in [5, 5.41) is 19.8. The van der Waals surface area contributed by atoms with Crippen molar-refractivity contribution in [3.8, 4) is 0 Å². The Hall–Kier alpha value is -0.430. The van der Waals surface area contributed by atoms with Crippen LogP contribution >= 0.6 is 31.9 Å². The van der Waals surface area contributed by atoms with Gasteiger partial charge in [0.25, 0.3) is 0 Å². The van der Waals surface area contributed by atoms with E-state index in [9.17, 15) is 15.0 Å². The number of esters is 1. The van der Waals surface area contributed by atoms with Gasteiger partial charge in [0.15, 0.2) is 0 Å². The van der Waals surface area contributed by atoms with Crippen LogP contribution in [0.4, 0.5) is 0 Å². The van der Waals surface area contributed by atoms with E-state index in [1.54, 1.807) is 25.1 Å². The Morgan fingerprint density at radius 3 is 2.67 bits per heavy atom. The number of aliphatic hydroxyl groups excluding tert-OH is 2. The van der Waals surface area contributed by atoms with Gasteiger partial charge in [-0.1, -0.05) is 31.9 Å². The predicted octanol–water partition coefficient (Wildman–Crippen LogP) is 2.56. The van der Waals surface area contributed by atoms with E-state index in [2.05, 4.69) is 31.9 Å². The minimum Gasteiger partial charge on any atom is -0.466 e. The van der Waals surface area contributed by atoms with E-state index in [0.717, 1.165) is 4.47 Å². The zero-order chi connectivity index (χ0) is 13.7. The molecular formula is C12H14Br2O4. The summed E-state index contributed by atoms with van der Waals surface area (Å²) in [7, 11) is 0. The highest BCUT2D eigenvalue weighted by Crippen LogP contribution is 2.29. The Labute approximate surface area is 122 Å². The van der Waals surface area contributed by atoms with Gasteiger partial charge >= 0.3 is 5.97 Å². The van der Waals surface area contributed by atoms with Gasteiger partial charge in [-0.25, -0.2) is 0 Å². The van der Waals surface area contributed by atoms with Gasteiger partial charge in [0.2, 0.25) is 0 Å². The smallest absolute Gasteiger partial charge is 0.308 e. The second-order valence-electron chi connectivity index (χ2n) is 3.69. The second-order valence-corrected chi connectivity index (χ2v) is 5.46. The van der Waals surface area contributed by atoms with Crippen LogP contribution in [0, 0.1) is 0 Å². The Balaban J connectivity index is 2.76. The van der Waals surface area contributed by atoms with E-state index in [1.807, 2.05) is 0 Å². The average Bonchev–Trinajstić information content (AvgIpc) is 2.31. The molecule has 0 saturated heterocycles. The zero-order valence-electron chi connectivity index (χ0n) is 9.77. The molecule has 0 aliphatic heterocycles. The zero-order valence-corrected chi connectivity index (χ0v) is 12.9. The maximum absolute atomic E-state index is 11.2. The van der Waals surface area contributed by atoms with E-state index in [1.165, 1.54) is 0 Å². The molecule has 1 rings (SSSR count). The van der Waals surface area contributed by atoms with Crippen LogP contribution in [0.5, 0.6) is 0 Å². The largest absolute Gasteiger partial charge is 0.466 e. The SMILES string of the molecule is CCOC(=O)CC(O)C(O)c1cc(Br)ccc1Br. The summed E-state index contributed by atoms with van der Waals surface area (Å²) < 4.78 is 6.17. The van der Waals surface area contributed by atoms with Gasteiger partial charge in [0.05, 0.1) is 19.1 Å². The first kappa shape index (κ1) is 15.6. The van der Waals surface area contributed by atoms with Crippen molar-refractivity contribution in [1.82, 2.24) is 0 Å². The van der Waals surface area contributed by atoms with Crippen LogP contribution in [-0.2, 0) is 9.53 Å². The van der Waals surface area contributed by atoms with E-state index in [0.29, 0.717) is 10.0 Å². The van der Waals surface area contributed by atoms with Crippen molar-refractivity contribution in [2.24, 2.45) is 0 Å². The van der Waals surface area contributed by atoms with Crippen molar-refractivity contribution in [2.75, 3.05) is 6.61 Å². The first-order valence-electron chi connectivity index (χ1n) is 5.42. The van der Waals surface area contributed by atoms with Gasteiger partial charge in [-0.05, 0) is 30.7 Å². The molecule has 0 radical (unpaired) electrons. The number of benzene rings is 1. The van der Waals surface area contributed by atoms with E-state index >= 15 is 0 Å². The average molecular weight is 382 g/mol. The maximum atomic E-state index is 11.2. The van der Waals surface area contributed by atoms with Crippen molar-refractivity contribution in [3.63, 3.8) is 0 Å². The summed E-state index contributed by atoms with van der Waals surface area (Å²) in [6, 6.07) is 5.24. The molecule has 18 heavy (non-hydrogen) atoms.